The van der Waals surface area contributed by atoms with Crippen molar-refractivity contribution in [1.29, 1.82) is 0 Å². The fourth-order valence-corrected chi connectivity index (χ4v) is 2.12. The Kier molecular flexibility index (Phi) is 2.78. The van der Waals surface area contributed by atoms with Crippen LogP contribution in [0, 0.1) is 0 Å². The molecule has 0 aromatic heterocycles. The molecule has 2 heteroatoms. The highest BCUT2D eigenvalue weighted by Gasteiger charge is 2.20. The van der Waals surface area contributed by atoms with Gasteiger partial charge in [-0.25, -0.2) is 0 Å². The molecule has 0 radical (unpaired) electrons. The molecule has 2 nitrogen and oxygen atoms in total. The summed E-state index contributed by atoms with van der Waals surface area (Å²) in [4.78, 5) is 2.41. The first kappa shape index (κ1) is 10.2. The van der Waals surface area contributed by atoms with Gasteiger partial charge in [0, 0.05) is 24.8 Å². The minimum Gasteiger partial charge on any atom is -0.398 e. The molecular weight excluding hydrogens is 184 g/mol. The van der Waals surface area contributed by atoms with Gasteiger partial charge in [-0.15, -0.1) is 6.58 Å². The lowest BCUT2D eigenvalue weighted by Crippen LogP contribution is -2.36. The average molecular weight is 202 g/mol. The van der Waals surface area contributed by atoms with E-state index in [0.717, 1.165) is 25.2 Å². The summed E-state index contributed by atoms with van der Waals surface area (Å²) in [6.45, 7) is 8.07. The fraction of sp³-hybridized carbons (Fsp3) is 0.385. The third-order valence-corrected chi connectivity index (χ3v) is 3.26. The maximum absolute atomic E-state index is 5.99. The SMILES string of the molecule is C=CC(C)N1CCc2cccc(N)c2C1. The van der Waals surface area contributed by atoms with E-state index in [-0.39, 0.29) is 0 Å². The van der Waals surface area contributed by atoms with Crippen LogP contribution in [-0.4, -0.2) is 17.5 Å². The minimum absolute atomic E-state index is 0.428. The lowest BCUT2D eigenvalue weighted by Gasteiger charge is -2.32. The highest BCUT2D eigenvalue weighted by molar-refractivity contribution is 5.51. The lowest BCUT2D eigenvalue weighted by molar-refractivity contribution is 0.223. The van der Waals surface area contributed by atoms with E-state index in [1.807, 2.05) is 18.2 Å². The van der Waals surface area contributed by atoms with Crippen LogP contribution in [0.1, 0.15) is 18.1 Å². The smallest absolute Gasteiger partial charge is 0.0362 e. The standard InChI is InChI=1S/C13H18N2/c1-3-10(2)15-8-7-11-5-4-6-13(14)12(11)9-15/h3-6,10H,1,7-9,14H2,2H3. The number of hydrogen-bond donors (Lipinski definition) is 1. The van der Waals surface area contributed by atoms with Crippen molar-refractivity contribution in [3.8, 4) is 0 Å². The van der Waals surface area contributed by atoms with Gasteiger partial charge in [0.15, 0.2) is 0 Å². The zero-order valence-corrected chi connectivity index (χ0v) is 9.24. The van der Waals surface area contributed by atoms with Crippen molar-refractivity contribution in [3.63, 3.8) is 0 Å². The number of hydrogen-bond acceptors (Lipinski definition) is 2. The molecule has 80 valence electrons. The van der Waals surface area contributed by atoms with E-state index in [4.69, 9.17) is 5.73 Å². The van der Waals surface area contributed by atoms with E-state index in [0.29, 0.717) is 6.04 Å². The van der Waals surface area contributed by atoms with Gasteiger partial charge in [-0.3, -0.25) is 4.90 Å². The Hall–Kier alpha value is -1.28. The summed E-state index contributed by atoms with van der Waals surface area (Å²) in [5.74, 6) is 0. The zero-order chi connectivity index (χ0) is 10.8. The van der Waals surface area contributed by atoms with Crippen molar-refractivity contribution >= 4 is 5.69 Å². The molecule has 2 rings (SSSR count). The molecule has 15 heavy (non-hydrogen) atoms. The van der Waals surface area contributed by atoms with E-state index in [1.54, 1.807) is 0 Å². The number of rotatable bonds is 2. The molecule has 1 aromatic rings. The van der Waals surface area contributed by atoms with Crippen LogP contribution >= 0.6 is 0 Å². The number of fused-ring (bicyclic) bond motifs is 1. The van der Waals surface area contributed by atoms with E-state index in [9.17, 15) is 0 Å². The Labute approximate surface area is 91.4 Å². The zero-order valence-electron chi connectivity index (χ0n) is 9.24. The number of nitrogens with zero attached hydrogens (tertiary/aromatic N) is 1. The quantitative estimate of drug-likeness (QED) is 0.588. The van der Waals surface area contributed by atoms with Gasteiger partial charge in [-0.1, -0.05) is 18.2 Å². The summed E-state index contributed by atoms with van der Waals surface area (Å²) in [6, 6.07) is 6.64. The maximum atomic E-state index is 5.99. The number of benzene rings is 1. The summed E-state index contributed by atoms with van der Waals surface area (Å²) in [5, 5.41) is 0. The molecule has 2 N–H and O–H groups in total. The highest BCUT2D eigenvalue weighted by Crippen LogP contribution is 2.25. The molecule has 1 unspecified atom stereocenters. The monoisotopic (exact) mass is 202 g/mol. The van der Waals surface area contributed by atoms with Gasteiger partial charge >= 0.3 is 0 Å². The van der Waals surface area contributed by atoms with Crippen LogP contribution in [0.3, 0.4) is 0 Å². The molecule has 1 heterocycles. The largest absolute Gasteiger partial charge is 0.398 e. The average Bonchev–Trinajstić information content (AvgIpc) is 2.28. The van der Waals surface area contributed by atoms with Gasteiger partial charge in [-0.2, -0.15) is 0 Å². The second-order valence-corrected chi connectivity index (χ2v) is 4.18. The van der Waals surface area contributed by atoms with Crippen molar-refractivity contribution in [2.75, 3.05) is 12.3 Å². The Morgan fingerprint density at radius 3 is 3.07 bits per heavy atom. The van der Waals surface area contributed by atoms with Crippen LogP contribution in [0.4, 0.5) is 5.69 Å². The summed E-state index contributed by atoms with van der Waals surface area (Å²) in [5.41, 5.74) is 9.63. The van der Waals surface area contributed by atoms with E-state index >= 15 is 0 Å². The molecule has 0 saturated heterocycles. The van der Waals surface area contributed by atoms with E-state index in [2.05, 4.69) is 24.5 Å². The Morgan fingerprint density at radius 1 is 1.53 bits per heavy atom. The summed E-state index contributed by atoms with van der Waals surface area (Å²) >= 11 is 0. The summed E-state index contributed by atoms with van der Waals surface area (Å²) in [6.07, 6.45) is 3.09. The minimum atomic E-state index is 0.428. The molecule has 0 amide bonds. The van der Waals surface area contributed by atoms with Gasteiger partial charge in [-0.05, 0) is 30.5 Å². The topological polar surface area (TPSA) is 29.3 Å². The van der Waals surface area contributed by atoms with E-state index in [1.165, 1.54) is 11.1 Å². The van der Waals surface area contributed by atoms with Gasteiger partial charge in [0.05, 0.1) is 0 Å². The van der Waals surface area contributed by atoms with Crippen LogP contribution < -0.4 is 5.73 Å². The Balaban J connectivity index is 2.25. The van der Waals surface area contributed by atoms with E-state index < -0.39 is 0 Å². The van der Waals surface area contributed by atoms with Crippen LogP contribution in [-0.2, 0) is 13.0 Å². The van der Waals surface area contributed by atoms with Crippen molar-refractivity contribution in [3.05, 3.63) is 42.0 Å². The van der Waals surface area contributed by atoms with Crippen molar-refractivity contribution < 1.29 is 0 Å². The molecule has 0 saturated carbocycles. The first-order valence-corrected chi connectivity index (χ1v) is 5.45. The van der Waals surface area contributed by atoms with Crippen molar-refractivity contribution in [1.82, 2.24) is 4.90 Å². The Morgan fingerprint density at radius 2 is 2.33 bits per heavy atom. The normalized spacial score (nSPS) is 18.2. The molecular formula is C13H18N2. The van der Waals surface area contributed by atoms with Crippen LogP contribution in [0.5, 0.6) is 0 Å². The molecule has 1 aliphatic rings. The van der Waals surface area contributed by atoms with Gasteiger partial charge < -0.3 is 5.73 Å². The second-order valence-electron chi connectivity index (χ2n) is 4.18. The third-order valence-electron chi connectivity index (χ3n) is 3.26. The molecule has 0 aliphatic carbocycles. The molecule has 0 bridgehead atoms. The summed E-state index contributed by atoms with van der Waals surface area (Å²) in [7, 11) is 0. The fourth-order valence-electron chi connectivity index (χ4n) is 2.12. The highest BCUT2D eigenvalue weighted by atomic mass is 15.1. The first-order valence-electron chi connectivity index (χ1n) is 5.45. The number of nitrogen functional groups attached to an aromatic ring is 1. The predicted octanol–water partition coefficient (Wildman–Crippen LogP) is 2.20. The molecule has 1 aromatic carbocycles. The maximum Gasteiger partial charge on any atom is 0.0362 e. The molecule has 0 spiro atoms. The van der Waals surface area contributed by atoms with Crippen LogP contribution in [0.15, 0.2) is 30.9 Å². The third kappa shape index (κ3) is 1.90. The Bertz CT molecular complexity index is 371. The summed E-state index contributed by atoms with van der Waals surface area (Å²) < 4.78 is 0. The van der Waals surface area contributed by atoms with Crippen LogP contribution in [0.2, 0.25) is 0 Å². The number of nitrogens with two attached hydrogens (primary N) is 1. The van der Waals surface area contributed by atoms with Gasteiger partial charge in [0.1, 0.15) is 0 Å². The van der Waals surface area contributed by atoms with Crippen molar-refractivity contribution in [2.45, 2.75) is 25.9 Å². The molecule has 0 fully saturated rings. The van der Waals surface area contributed by atoms with Crippen LogP contribution in [0.25, 0.3) is 0 Å². The van der Waals surface area contributed by atoms with Gasteiger partial charge in [0.25, 0.3) is 0 Å². The molecule has 1 aliphatic heterocycles. The van der Waals surface area contributed by atoms with Gasteiger partial charge in [0.2, 0.25) is 0 Å². The lowest BCUT2D eigenvalue weighted by atomic mass is 9.97. The first-order chi connectivity index (χ1) is 7.22. The second kappa shape index (κ2) is 4.07. The molecule has 1 atom stereocenters. The van der Waals surface area contributed by atoms with Crippen molar-refractivity contribution in [2.24, 2.45) is 0 Å². The predicted molar refractivity (Wildman–Crippen MR) is 64.6 cm³/mol. The number of anilines is 1.